The molecule has 0 radical (unpaired) electrons. The van der Waals surface area contributed by atoms with Crippen LogP contribution < -0.4 is 10.1 Å². The lowest BCUT2D eigenvalue weighted by atomic mass is 10.0. The predicted octanol–water partition coefficient (Wildman–Crippen LogP) is 0.717. The van der Waals surface area contributed by atoms with Crippen molar-refractivity contribution in [2.45, 2.75) is 6.92 Å². The Morgan fingerprint density at radius 3 is 2.67 bits per heavy atom. The maximum absolute atomic E-state index is 11.9. The number of carbonyl (C=O) groups excluding carboxylic acids is 3. The third kappa shape index (κ3) is 5.53. The molecule has 0 saturated carbocycles. The van der Waals surface area contributed by atoms with Gasteiger partial charge in [0, 0.05) is 11.3 Å². The molecule has 126 valence electrons. The van der Waals surface area contributed by atoms with Gasteiger partial charge in [0.2, 0.25) is 0 Å². The van der Waals surface area contributed by atoms with Crippen molar-refractivity contribution >= 4 is 23.4 Å². The molecular formula is C16H17N3O5. The van der Waals surface area contributed by atoms with Crippen LogP contribution in [0, 0.1) is 22.7 Å². The molecule has 2 N–H and O–H groups in total. The Labute approximate surface area is 138 Å². The van der Waals surface area contributed by atoms with Crippen LogP contribution >= 0.6 is 0 Å². The lowest BCUT2D eigenvalue weighted by molar-refractivity contribution is -0.147. The van der Waals surface area contributed by atoms with E-state index in [1.165, 1.54) is 20.1 Å². The molecule has 0 aliphatic carbocycles. The van der Waals surface area contributed by atoms with E-state index >= 15 is 0 Å². The Kier molecular flexibility index (Phi) is 7.10. The lowest BCUT2D eigenvalue weighted by Crippen LogP contribution is -2.32. The molecule has 8 heteroatoms. The summed E-state index contributed by atoms with van der Waals surface area (Å²) in [5.74, 6) is -2.73. The molecule has 0 spiro atoms. The first-order valence-corrected chi connectivity index (χ1v) is 6.94. The highest BCUT2D eigenvalue weighted by Crippen LogP contribution is 2.12. The first-order valence-electron chi connectivity index (χ1n) is 6.94. The molecule has 1 amide bonds. The third-order valence-electron chi connectivity index (χ3n) is 2.98. The summed E-state index contributed by atoms with van der Waals surface area (Å²) in [6, 6.07) is 8.03. The summed E-state index contributed by atoms with van der Waals surface area (Å²) in [7, 11) is 1.47. The molecule has 1 rings (SSSR count). The zero-order chi connectivity index (χ0) is 18.1. The number of methoxy groups -OCH3 is 1. The SMILES string of the molecule is COc1cccc(C(=O)NCC(=O)OCC(=O)C(C#N)C(C)=N)c1. The fraction of sp³-hybridized carbons (Fsp3) is 0.312. The van der Waals surface area contributed by atoms with Gasteiger partial charge in [-0.2, -0.15) is 5.26 Å². The maximum Gasteiger partial charge on any atom is 0.325 e. The molecule has 24 heavy (non-hydrogen) atoms. The Bertz CT molecular complexity index is 693. The van der Waals surface area contributed by atoms with Gasteiger partial charge in [-0.3, -0.25) is 14.4 Å². The van der Waals surface area contributed by atoms with Crippen molar-refractivity contribution in [1.82, 2.24) is 5.32 Å². The fourth-order valence-corrected chi connectivity index (χ4v) is 1.72. The topological polar surface area (TPSA) is 129 Å². The van der Waals surface area contributed by atoms with Crippen molar-refractivity contribution in [1.29, 1.82) is 10.7 Å². The Hall–Kier alpha value is -3.21. The molecule has 0 fully saturated rings. The molecule has 8 nitrogen and oxygen atoms in total. The van der Waals surface area contributed by atoms with Crippen LogP contribution in [0.15, 0.2) is 24.3 Å². The number of esters is 1. The minimum absolute atomic E-state index is 0.120. The highest BCUT2D eigenvalue weighted by atomic mass is 16.5. The second-order valence-corrected chi connectivity index (χ2v) is 4.79. The van der Waals surface area contributed by atoms with Crippen molar-refractivity contribution in [2.75, 3.05) is 20.3 Å². The number of hydrogen-bond donors (Lipinski definition) is 2. The van der Waals surface area contributed by atoms with Crippen molar-refractivity contribution in [3.8, 4) is 11.8 Å². The first-order chi connectivity index (χ1) is 11.4. The van der Waals surface area contributed by atoms with Crippen LogP contribution in [0.4, 0.5) is 0 Å². The second kappa shape index (κ2) is 9.05. The summed E-state index contributed by atoms with van der Waals surface area (Å²) in [4.78, 5) is 35.0. The van der Waals surface area contributed by atoms with Gasteiger partial charge in [0.1, 0.15) is 18.2 Å². The van der Waals surface area contributed by atoms with Crippen LogP contribution in [-0.4, -0.2) is 43.6 Å². The Morgan fingerprint density at radius 2 is 2.08 bits per heavy atom. The first kappa shape index (κ1) is 18.8. The molecule has 1 aromatic carbocycles. The average Bonchev–Trinajstić information content (AvgIpc) is 2.58. The molecule has 0 aliphatic heterocycles. The van der Waals surface area contributed by atoms with Crippen molar-refractivity contribution in [3.63, 3.8) is 0 Å². The number of carbonyl (C=O) groups is 3. The van der Waals surface area contributed by atoms with Gasteiger partial charge in [0.15, 0.2) is 12.4 Å². The predicted molar refractivity (Wildman–Crippen MR) is 83.8 cm³/mol. The number of rotatable bonds is 8. The van der Waals surface area contributed by atoms with Crippen molar-refractivity contribution in [3.05, 3.63) is 29.8 Å². The molecule has 0 aromatic heterocycles. The molecule has 1 atom stereocenters. The van der Waals surface area contributed by atoms with Gasteiger partial charge >= 0.3 is 5.97 Å². The van der Waals surface area contributed by atoms with Crippen LogP contribution in [0.3, 0.4) is 0 Å². The smallest absolute Gasteiger partial charge is 0.325 e. The monoisotopic (exact) mass is 331 g/mol. The summed E-state index contributed by atoms with van der Waals surface area (Å²) in [5, 5.41) is 18.4. The highest BCUT2D eigenvalue weighted by Gasteiger charge is 2.21. The average molecular weight is 331 g/mol. The van der Waals surface area contributed by atoms with Gasteiger partial charge in [0.25, 0.3) is 5.91 Å². The second-order valence-electron chi connectivity index (χ2n) is 4.79. The highest BCUT2D eigenvalue weighted by molar-refractivity contribution is 6.06. The number of ether oxygens (including phenoxy) is 2. The van der Waals surface area contributed by atoms with Gasteiger partial charge in [0.05, 0.1) is 13.2 Å². The van der Waals surface area contributed by atoms with E-state index in [0.717, 1.165) is 0 Å². The fourth-order valence-electron chi connectivity index (χ4n) is 1.72. The van der Waals surface area contributed by atoms with Crippen LogP contribution in [0.25, 0.3) is 0 Å². The van der Waals surface area contributed by atoms with E-state index in [-0.39, 0.29) is 5.71 Å². The molecule has 0 heterocycles. The molecule has 1 aromatic rings. The van der Waals surface area contributed by atoms with Crippen LogP contribution in [0.1, 0.15) is 17.3 Å². The lowest BCUT2D eigenvalue weighted by Gasteiger charge is -2.09. The number of nitrogens with one attached hydrogen (secondary N) is 2. The molecule has 1 unspecified atom stereocenters. The van der Waals surface area contributed by atoms with Crippen LogP contribution in [0.2, 0.25) is 0 Å². The minimum Gasteiger partial charge on any atom is -0.497 e. The van der Waals surface area contributed by atoms with Crippen LogP contribution in [-0.2, 0) is 14.3 Å². The van der Waals surface area contributed by atoms with Gasteiger partial charge in [-0.15, -0.1) is 0 Å². The van der Waals surface area contributed by atoms with E-state index in [1.54, 1.807) is 24.3 Å². The Balaban J connectivity index is 2.46. The molecule has 0 aliphatic rings. The van der Waals surface area contributed by atoms with E-state index in [2.05, 4.69) is 5.32 Å². The normalized spacial score (nSPS) is 10.9. The largest absolute Gasteiger partial charge is 0.497 e. The summed E-state index contributed by atoms with van der Waals surface area (Å²) >= 11 is 0. The quantitative estimate of drug-likeness (QED) is 0.533. The van der Waals surface area contributed by atoms with E-state index in [0.29, 0.717) is 11.3 Å². The van der Waals surface area contributed by atoms with E-state index < -0.39 is 36.7 Å². The van der Waals surface area contributed by atoms with Gasteiger partial charge in [-0.25, -0.2) is 0 Å². The number of ketones is 1. The number of nitrogens with zero attached hydrogens (tertiary/aromatic N) is 1. The maximum atomic E-state index is 11.9. The summed E-state index contributed by atoms with van der Waals surface area (Å²) in [5.41, 5.74) is 0.187. The van der Waals surface area contributed by atoms with E-state index in [1.807, 2.05) is 0 Å². The molecule has 0 bridgehead atoms. The molecule has 0 saturated heterocycles. The summed E-state index contributed by atoms with van der Waals surface area (Å²) in [6.45, 7) is 0.272. The van der Waals surface area contributed by atoms with Crippen molar-refractivity contribution < 1.29 is 23.9 Å². The number of amides is 1. The zero-order valence-corrected chi connectivity index (χ0v) is 13.3. The van der Waals surface area contributed by atoms with Crippen molar-refractivity contribution in [2.24, 2.45) is 5.92 Å². The van der Waals surface area contributed by atoms with E-state index in [4.69, 9.17) is 20.1 Å². The van der Waals surface area contributed by atoms with E-state index in [9.17, 15) is 14.4 Å². The number of hydrogen-bond acceptors (Lipinski definition) is 7. The van der Waals surface area contributed by atoms with Gasteiger partial charge in [-0.05, 0) is 25.1 Å². The van der Waals surface area contributed by atoms with Gasteiger partial charge in [-0.1, -0.05) is 6.07 Å². The summed E-state index contributed by atoms with van der Waals surface area (Å²) in [6.07, 6.45) is 0. The molecular weight excluding hydrogens is 314 g/mol. The standard InChI is InChI=1S/C16H17N3O5/c1-10(18)13(7-17)14(20)9-24-15(21)8-19-16(22)11-4-3-5-12(6-11)23-2/h3-6,13,18H,8-9H2,1-2H3,(H,19,22). The minimum atomic E-state index is -1.23. The zero-order valence-electron chi connectivity index (χ0n) is 13.3. The van der Waals surface area contributed by atoms with Crippen LogP contribution in [0.5, 0.6) is 5.75 Å². The number of nitriles is 1. The Morgan fingerprint density at radius 1 is 1.38 bits per heavy atom. The number of Topliss-reactive ketones (excluding diaryl/α,β-unsaturated/α-hetero) is 1. The number of benzene rings is 1. The third-order valence-corrected chi connectivity index (χ3v) is 2.98. The van der Waals surface area contributed by atoms with Gasteiger partial charge < -0.3 is 20.2 Å². The summed E-state index contributed by atoms with van der Waals surface area (Å²) < 4.78 is 9.69.